The molecular weight excluding hydrogens is 290 g/mol. The average molecular weight is 312 g/mol. The number of halogens is 1. The molecule has 1 fully saturated rings. The number of hydrogen-bond donors (Lipinski definition) is 1. The van der Waals surface area contributed by atoms with Crippen LogP contribution in [0, 0.1) is 0 Å². The number of esters is 1. The Morgan fingerprint density at radius 2 is 2.14 bits per heavy atom. The van der Waals surface area contributed by atoms with Gasteiger partial charge in [-0.1, -0.05) is 11.6 Å². The summed E-state index contributed by atoms with van der Waals surface area (Å²) in [6.07, 6.45) is 1.02. The van der Waals surface area contributed by atoms with Gasteiger partial charge < -0.3 is 20.3 Å². The van der Waals surface area contributed by atoms with Crippen LogP contribution < -0.4 is 10.6 Å². The van der Waals surface area contributed by atoms with Crippen LogP contribution in [-0.4, -0.2) is 50.7 Å². The topological polar surface area (TPSA) is 58.8 Å². The van der Waals surface area contributed by atoms with E-state index in [9.17, 15) is 4.79 Å². The Morgan fingerprint density at radius 3 is 2.81 bits per heavy atom. The molecule has 1 unspecified atom stereocenters. The number of benzene rings is 1. The molecule has 0 aromatic heterocycles. The lowest BCUT2D eigenvalue weighted by atomic mass is 10.1. The zero-order valence-electron chi connectivity index (χ0n) is 12.7. The second kappa shape index (κ2) is 6.54. The number of nitrogens with zero attached hydrogens (tertiary/aromatic N) is 2. The molecule has 0 amide bonds. The Hall–Kier alpha value is -1.46. The van der Waals surface area contributed by atoms with E-state index in [0.29, 0.717) is 16.3 Å². The fourth-order valence-corrected chi connectivity index (χ4v) is 3.22. The van der Waals surface area contributed by atoms with Gasteiger partial charge >= 0.3 is 5.97 Å². The Balaban J connectivity index is 2.48. The molecule has 6 heteroatoms. The summed E-state index contributed by atoms with van der Waals surface area (Å²) in [4.78, 5) is 16.5. The number of methoxy groups -OCH3 is 1. The molecule has 1 aliphatic rings. The number of nitrogen functional groups attached to an aromatic ring is 1. The lowest BCUT2D eigenvalue weighted by Crippen LogP contribution is -2.39. The molecule has 1 aromatic rings. The maximum Gasteiger partial charge on any atom is 0.340 e. The smallest absolute Gasteiger partial charge is 0.340 e. The SMILES string of the molecule is COC(=O)c1cc(N)cc(Cl)c1N1CCCN(C)CC1C. The first-order chi connectivity index (χ1) is 9.93. The highest BCUT2D eigenvalue weighted by atomic mass is 35.5. The van der Waals surface area contributed by atoms with Gasteiger partial charge in [0.15, 0.2) is 0 Å². The molecular formula is C15H22ClN3O2. The van der Waals surface area contributed by atoms with Crippen molar-refractivity contribution in [2.24, 2.45) is 0 Å². The number of nitrogens with two attached hydrogens (primary N) is 1. The second-order valence-electron chi connectivity index (χ2n) is 5.55. The van der Waals surface area contributed by atoms with Crippen molar-refractivity contribution < 1.29 is 9.53 Å². The first-order valence-corrected chi connectivity index (χ1v) is 7.44. The van der Waals surface area contributed by atoms with Gasteiger partial charge in [0.1, 0.15) is 0 Å². The fourth-order valence-electron chi connectivity index (χ4n) is 2.88. The van der Waals surface area contributed by atoms with E-state index in [1.807, 2.05) is 0 Å². The van der Waals surface area contributed by atoms with Crippen molar-refractivity contribution in [3.63, 3.8) is 0 Å². The molecule has 2 N–H and O–H groups in total. The minimum atomic E-state index is -0.413. The number of anilines is 2. The van der Waals surface area contributed by atoms with Crippen LogP contribution >= 0.6 is 11.6 Å². The number of rotatable bonds is 2. The predicted octanol–water partition coefficient (Wildman–Crippen LogP) is 2.24. The summed E-state index contributed by atoms with van der Waals surface area (Å²) in [6, 6.07) is 3.57. The van der Waals surface area contributed by atoms with Gasteiger partial charge in [-0.3, -0.25) is 0 Å². The molecule has 0 saturated carbocycles. The molecule has 0 bridgehead atoms. The van der Waals surface area contributed by atoms with Crippen LogP contribution in [0.4, 0.5) is 11.4 Å². The summed E-state index contributed by atoms with van der Waals surface area (Å²) >= 11 is 6.38. The van der Waals surface area contributed by atoms with Crippen molar-refractivity contribution in [2.45, 2.75) is 19.4 Å². The number of ether oxygens (including phenoxy) is 1. The summed E-state index contributed by atoms with van der Waals surface area (Å²) in [7, 11) is 3.47. The average Bonchev–Trinajstić information content (AvgIpc) is 2.58. The maximum atomic E-state index is 12.1. The van der Waals surface area contributed by atoms with Gasteiger partial charge in [0.05, 0.1) is 23.4 Å². The van der Waals surface area contributed by atoms with E-state index < -0.39 is 5.97 Å². The molecule has 1 atom stereocenters. The molecule has 1 aromatic carbocycles. The van der Waals surface area contributed by atoms with Crippen LogP contribution in [-0.2, 0) is 4.74 Å². The number of likely N-dealkylation sites (N-methyl/N-ethyl adjacent to an activating group) is 1. The third-order valence-corrected chi connectivity index (χ3v) is 4.11. The van der Waals surface area contributed by atoms with E-state index in [0.717, 1.165) is 31.7 Å². The van der Waals surface area contributed by atoms with Gasteiger partial charge in [-0.05, 0) is 39.1 Å². The maximum absolute atomic E-state index is 12.1. The van der Waals surface area contributed by atoms with Gasteiger partial charge in [-0.15, -0.1) is 0 Å². The number of carbonyl (C=O) groups excluding carboxylic acids is 1. The van der Waals surface area contributed by atoms with Gasteiger partial charge in [0.25, 0.3) is 0 Å². The van der Waals surface area contributed by atoms with E-state index in [1.54, 1.807) is 12.1 Å². The van der Waals surface area contributed by atoms with Crippen LogP contribution in [0.5, 0.6) is 0 Å². The van der Waals surface area contributed by atoms with Crippen molar-refractivity contribution in [1.29, 1.82) is 0 Å². The van der Waals surface area contributed by atoms with Crippen molar-refractivity contribution in [2.75, 3.05) is 44.4 Å². The summed E-state index contributed by atoms with van der Waals surface area (Å²) in [5.74, 6) is -0.413. The summed E-state index contributed by atoms with van der Waals surface area (Å²) in [6.45, 7) is 4.93. The van der Waals surface area contributed by atoms with E-state index in [-0.39, 0.29) is 6.04 Å². The monoisotopic (exact) mass is 311 g/mol. The Labute approximate surface area is 130 Å². The van der Waals surface area contributed by atoms with Gasteiger partial charge in [0, 0.05) is 24.8 Å². The standard InChI is InChI=1S/C15H22ClN3O2/c1-10-9-18(2)5-4-6-19(10)14-12(15(20)21-3)7-11(17)8-13(14)16/h7-8,10H,4-6,9,17H2,1-3H3. The minimum absolute atomic E-state index is 0.252. The van der Waals surface area contributed by atoms with E-state index in [2.05, 4.69) is 23.8 Å². The lowest BCUT2D eigenvalue weighted by Gasteiger charge is -2.32. The molecule has 1 saturated heterocycles. The zero-order valence-corrected chi connectivity index (χ0v) is 13.5. The third-order valence-electron chi connectivity index (χ3n) is 3.83. The molecule has 0 spiro atoms. The van der Waals surface area contributed by atoms with Gasteiger partial charge in [-0.25, -0.2) is 4.79 Å². The van der Waals surface area contributed by atoms with Crippen LogP contribution in [0.1, 0.15) is 23.7 Å². The summed E-state index contributed by atoms with van der Waals surface area (Å²) in [5.41, 5.74) is 7.43. The van der Waals surface area contributed by atoms with E-state index >= 15 is 0 Å². The van der Waals surface area contributed by atoms with Crippen LogP contribution in [0.3, 0.4) is 0 Å². The molecule has 0 aliphatic carbocycles. The number of carbonyl (C=O) groups is 1. The first-order valence-electron chi connectivity index (χ1n) is 7.06. The molecule has 0 radical (unpaired) electrons. The van der Waals surface area contributed by atoms with Crippen molar-refractivity contribution >= 4 is 28.9 Å². The Morgan fingerprint density at radius 1 is 1.43 bits per heavy atom. The highest BCUT2D eigenvalue weighted by Gasteiger charge is 2.26. The predicted molar refractivity (Wildman–Crippen MR) is 86.1 cm³/mol. The third kappa shape index (κ3) is 3.41. The summed E-state index contributed by atoms with van der Waals surface area (Å²) < 4.78 is 4.88. The van der Waals surface area contributed by atoms with Crippen LogP contribution in [0.25, 0.3) is 0 Å². The molecule has 21 heavy (non-hydrogen) atoms. The highest BCUT2D eigenvalue weighted by molar-refractivity contribution is 6.34. The highest BCUT2D eigenvalue weighted by Crippen LogP contribution is 2.35. The molecule has 5 nitrogen and oxygen atoms in total. The summed E-state index contributed by atoms with van der Waals surface area (Å²) in [5, 5.41) is 0.492. The minimum Gasteiger partial charge on any atom is -0.465 e. The zero-order chi connectivity index (χ0) is 15.6. The Bertz CT molecular complexity index is 536. The van der Waals surface area contributed by atoms with Crippen molar-refractivity contribution in [3.05, 3.63) is 22.7 Å². The lowest BCUT2D eigenvalue weighted by molar-refractivity contribution is 0.0601. The van der Waals surface area contributed by atoms with Gasteiger partial charge in [-0.2, -0.15) is 0 Å². The normalized spacial score (nSPS) is 20.2. The van der Waals surface area contributed by atoms with E-state index in [4.69, 9.17) is 22.1 Å². The molecule has 2 rings (SSSR count). The molecule has 116 valence electrons. The van der Waals surface area contributed by atoms with Crippen LogP contribution in [0.2, 0.25) is 5.02 Å². The second-order valence-corrected chi connectivity index (χ2v) is 5.96. The number of hydrogen-bond acceptors (Lipinski definition) is 5. The first kappa shape index (κ1) is 15.9. The van der Waals surface area contributed by atoms with Gasteiger partial charge in [0.2, 0.25) is 0 Å². The fraction of sp³-hybridized carbons (Fsp3) is 0.533. The van der Waals surface area contributed by atoms with E-state index in [1.165, 1.54) is 7.11 Å². The van der Waals surface area contributed by atoms with Crippen LogP contribution in [0.15, 0.2) is 12.1 Å². The largest absolute Gasteiger partial charge is 0.465 e. The quantitative estimate of drug-likeness (QED) is 0.670. The Kier molecular flexibility index (Phi) is 4.96. The molecule has 1 heterocycles. The van der Waals surface area contributed by atoms with Crippen molar-refractivity contribution in [1.82, 2.24) is 4.90 Å². The molecule has 1 aliphatic heterocycles. The van der Waals surface area contributed by atoms with Crippen molar-refractivity contribution in [3.8, 4) is 0 Å².